The Labute approximate surface area is 380 Å². The van der Waals surface area contributed by atoms with E-state index in [9.17, 15) is 19.8 Å². The van der Waals surface area contributed by atoms with Gasteiger partial charge in [0.25, 0.3) is 0 Å². The first-order valence-electron chi connectivity index (χ1n) is 27.4. The van der Waals surface area contributed by atoms with Crippen LogP contribution in [0.15, 0.2) is 12.2 Å². The third-order valence-electron chi connectivity index (χ3n) is 12.8. The molecule has 0 aromatic heterocycles. The third-order valence-corrected chi connectivity index (χ3v) is 12.8. The molecule has 61 heavy (non-hydrogen) atoms. The van der Waals surface area contributed by atoms with Crippen molar-refractivity contribution in [2.45, 2.75) is 322 Å². The Kier molecular flexibility index (Phi) is 48.5. The Balaban J connectivity index is 4.49. The molecule has 6 nitrogen and oxygen atoms in total. The van der Waals surface area contributed by atoms with Crippen LogP contribution >= 0.6 is 0 Å². The molecule has 0 aliphatic carbocycles. The van der Waals surface area contributed by atoms with Gasteiger partial charge in [-0.3, -0.25) is 9.59 Å². The van der Waals surface area contributed by atoms with Crippen molar-refractivity contribution < 1.29 is 24.5 Å². The van der Waals surface area contributed by atoms with Gasteiger partial charge < -0.3 is 20.3 Å². The first-order chi connectivity index (χ1) is 30.0. The lowest BCUT2D eigenvalue weighted by Gasteiger charge is -2.24. The highest BCUT2D eigenvalue weighted by molar-refractivity contribution is 5.77. The van der Waals surface area contributed by atoms with Crippen LogP contribution in [0, 0.1) is 0 Å². The number of esters is 1. The Hall–Kier alpha value is -1.40. The van der Waals surface area contributed by atoms with E-state index in [4.69, 9.17) is 4.74 Å². The van der Waals surface area contributed by atoms with Crippen molar-refractivity contribution in [3.63, 3.8) is 0 Å². The number of aliphatic hydroxyl groups excluding tert-OH is 2. The van der Waals surface area contributed by atoms with Gasteiger partial charge in [0.2, 0.25) is 5.91 Å². The van der Waals surface area contributed by atoms with Crippen LogP contribution < -0.4 is 5.32 Å². The van der Waals surface area contributed by atoms with E-state index in [0.717, 1.165) is 44.9 Å². The molecule has 3 unspecified atom stereocenters. The molecule has 0 bridgehead atoms. The van der Waals surface area contributed by atoms with Gasteiger partial charge in [-0.1, -0.05) is 251 Å². The van der Waals surface area contributed by atoms with Gasteiger partial charge in [0.1, 0.15) is 6.10 Å². The summed E-state index contributed by atoms with van der Waals surface area (Å²) in [5.74, 6) is -0.459. The number of nitrogens with one attached hydrogen (secondary N) is 1. The molecule has 0 aromatic carbocycles. The van der Waals surface area contributed by atoms with Crippen LogP contribution in [-0.2, 0) is 14.3 Å². The summed E-state index contributed by atoms with van der Waals surface area (Å²) >= 11 is 0. The van der Waals surface area contributed by atoms with Crippen molar-refractivity contribution in [3.8, 4) is 0 Å². The molecular formula is C55H107NO5. The van der Waals surface area contributed by atoms with Crippen LogP contribution in [0.2, 0.25) is 0 Å². The minimum Gasteiger partial charge on any atom is -0.462 e. The third kappa shape index (κ3) is 45.0. The summed E-state index contributed by atoms with van der Waals surface area (Å²) in [6.45, 7) is 6.51. The molecule has 0 aromatic rings. The van der Waals surface area contributed by atoms with E-state index in [1.807, 2.05) is 0 Å². The van der Waals surface area contributed by atoms with E-state index >= 15 is 0 Å². The van der Waals surface area contributed by atoms with Crippen molar-refractivity contribution in [2.75, 3.05) is 6.61 Å². The maximum atomic E-state index is 13.2. The standard InChI is InChI=1S/C55H107NO5/c1-4-7-10-13-16-19-22-25-26-27-28-30-33-36-39-42-45-48-55(60)61-51(46-43-40-37-34-31-24-21-18-15-12-9-6-3)49-54(59)56-52(50-57)53(58)47-44-41-38-35-32-29-23-20-17-14-11-8-5-2/h25-26,51-53,57-58H,4-24,27-50H2,1-3H3,(H,56,59)/b26-25+. The summed E-state index contributed by atoms with van der Waals surface area (Å²) in [5, 5.41) is 23.8. The number of hydrogen-bond acceptors (Lipinski definition) is 5. The predicted octanol–water partition coefficient (Wildman–Crippen LogP) is 16.5. The van der Waals surface area contributed by atoms with Crippen molar-refractivity contribution in [1.29, 1.82) is 0 Å². The summed E-state index contributed by atoms with van der Waals surface area (Å²) in [4.78, 5) is 26.2. The fraction of sp³-hybridized carbons (Fsp3) is 0.927. The van der Waals surface area contributed by atoms with E-state index in [0.29, 0.717) is 19.3 Å². The van der Waals surface area contributed by atoms with Gasteiger partial charge >= 0.3 is 5.97 Å². The summed E-state index contributed by atoms with van der Waals surface area (Å²) in [7, 11) is 0. The number of aliphatic hydroxyl groups is 2. The monoisotopic (exact) mass is 862 g/mol. The van der Waals surface area contributed by atoms with Crippen molar-refractivity contribution in [2.24, 2.45) is 0 Å². The second-order valence-electron chi connectivity index (χ2n) is 19.0. The van der Waals surface area contributed by atoms with E-state index in [1.54, 1.807) is 0 Å². The van der Waals surface area contributed by atoms with E-state index in [1.165, 1.54) is 212 Å². The molecule has 0 aliphatic heterocycles. The highest BCUT2D eigenvalue weighted by Crippen LogP contribution is 2.19. The highest BCUT2D eigenvalue weighted by Gasteiger charge is 2.24. The average molecular weight is 862 g/mol. The molecule has 3 atom stereocenters. The van der Waals surface area contributed by atoms with E-state index < -0.39 is 18.2 Å². The lowest BCUT2D eigenvalue weighted by atomic mass is 10.0. The van der Waals surface area contributed by atoms with E-state index in [2.05, 4.69) is 38.2 Å². The summed E-state index contributed by atoms with van der Waals surface area (Å²) in [6.07, 6.45) is 55.6. The zero-order valence-corrected chi connectivity index (χ0v) is 41.3. The first kappa shape index (κ1) is 59.6. The summed E-state index contributed by atoms with van der Waals surface area (Å²) < 4.78 is 5.95. The maximum absolute atomic E-state index is 13.2. The van der Waals surface area contributed by atoms with Gasteiger partial charge in [-0.2, -0.15) is 0 Å². The molecule has 0 heterocycles. The van der Waals surface area contributed by atoms with Crippen LogP contribution in [0.25, 0.3) is 0 Å². The van der Waals surface area contributed by atoms with Crippen LogP contribution in [0.5, 0.6) is 0 Å². The Morgan fingerprint density at radius 3 is 1.16 bits per heavy atom. The zero-order valence-electron chi connectivity index (χ0n) is 41.3. The van der Waals surface area contributed by atoms with Crippen LogP contribution in [0.4, 0.5) is 0 Å². The largest absolute Gasteiger partial charge is 0.462 e. The maximum Gasteiger partial charge on any atom is 0.306 e. The minimum atomic E-state index is -0.782. The lowest BCUT2D eigenvalue weighted by Crippen LogP contribution is -2.46. The SMILES string of the molecule is CCCCCCCC/C=C/CCCCCCCCCC(=O)OC(CCCCCCCCCCCCCC)CC(=O)NC(CO)C(O)CCCCCCCCCCCCCCC. The average Bonchev–Trinajstić information content (AvgIpc) is 3.25. The van der Waals surface area contributed by atoms with Gasteiger partial charge in [0.05, 0.1) is 25.2 Å². The number of rotatable bonds is 50. The number of carbonyl (C=O) groups excluding carboxylic acids is 2. The van der Waals surface area contributed by atoms with Gasteiger partial charge in [0.15, 0.2) is 0 Å². The number of hydrogen-bond donors (Lipinski definition) is 3. The zero-order chi connectivity index (χ0) is 44.5. The molecule has 6 heteroatoms. The fourth-order valence-electron chi connectivity index (χ4n) is 8.66. The number of carbonyl (C=O) groups is 2. The summed E-state index contributed by atoms with van der Waals surface area (Å²) in [6, 6.07) is -0.695. The molecule has 0 rings (SSSR count). The van der Waals surface area contributed by atoms with Crippen molar-refractivity contribution >= 4 is 11.9 Å². The molecule has 0 spiro atoms. The Morgan fingerprint density at radius 2 is 0.787 bits per heavy atom. The molecule has 3 N–H and O–H groups in total. The second-order valence-corrected chi connectivity index (χ2v) is 19.0. The minimum absolute atomic E-state index is 0.0833. The lowest BCUT2D eigenvalue weighted by molar-refractivity contribution is -0.151. The van der Waals surface area contributed by atoms with Crippen molar-refractivity contribution in [3.05, 3.63) is 12.2 Å². The van der Waals surface area contributed by atoms with Gasteiger partial charge in [0, 0.05) is 6.42 Å². The second kappa shape index (κ2) is 49.6. The Morgan fingerprint density at radius 1 is 0.459 bits per heavy atom. The number of amides is 1. The van der Waals surface area contributed by atoms with Crippen LogP contribution in [0.1, 0.15) is 303 Å². The topological polar surface area (TPSA) is 95.9 Å². The van der Waals surface area contributed by atoms with Gasteiger partial charge in [-0.05, 0) is 51.4 Å². The molecule has 362 valence electrons. The van der Waals surface area contributed by atoms with Crippen LogP contribution in [0.3, 0.4) is 0 Å². The van der Waals surface area contributed by atoms with Gasteiger partial charge in [-0.15, -0.1) is 0 Å². The molecule has 0 fully saturated rings. The molecule has 1 amide bonds. The quantitative estimate of drug-likeness (QED) is 0.0322. The molecule has 0 aliphatic rings. The van der Waals surface area contributed by atoms with Crippen LogP contribution in [-0.4, -0.2) is 46.9 Å². The highest BCUT2D eigenvalue weighted by atomic mass is 16.5. The van der Waals surface area contributed by atoms with E-state index in [-0.39, 0.29) is 24.9 Å². The normalized spacial score (nSPS) is 13.2. The molecule has 0 radical (unpaired) electrons. The molecular weight excluding hydrogens is 755 g/mol. The predicted molar refractivity (Wildman–Crippen MR) is 264 cm³/mol. The smallest absolute Gasteiger partial charge is 0.306 e. The van der Waals surface area contributed by atoms with Gasteiger partial charge in [-0.25, -0.2) is 0 Å². The fourth-order valence-corrected chi connectivity index (χ4v) is 8.66. The Bertz CT molecular complexity index is 924. The summed E-state index contributed by atoms with van der Waals surface area (Å²) in [5.41, 5.74) is 0. The number of ether oxygens (including phenoxy) is 1. The molecule has 0 saturated carbocycles. The van der Waals surface area contributed by atoms with Crippen molar-refractivity contribution in [1.82, 2.24) is 5.32 Å². The number of unbranched alkanes of at least 4 members (excludes halogenated alkanes) is 36. The molecule has 0 saturated heterocycles. The first-order valence-corrected chi connectivity index (χ1v) is 27.4. The number of allylic oxidation sites excluding steroid dienone is 2.